The third kappa shape index (κ3) is 3.11. The van der Waals surface area contributed by atoms with Crippen LogP contribution in [0.1, 0.15) is 41.5 Å². The van der Waals surface area contributed by atoms with Gasteiger partial charge in [-0.15, -0.1) is 0 Å². The highest BCUT2D eigenvalue weighted by Gasteiger charge is 2.51. The second kappa shape index (κ2) is 4.83. The Hall–Kier alpha value is -0.795. The Labute approximate surface area is 106 Å². The number of hydrogen-bond acceptors (Lipinski definition) is 2. The van der Waals surface area contributed by atoms with Crippen molar-refractivity contribution in [2.45, 2.75) is 52.7 Å². The van der Waals surface area contributed by atoms with Crippen molar-refractivity contribution in [3.05, 3.63) is 35.9 Å². The fourth-order valence-electron chi connectivity index (χ4n) is 1.64. The fraction of sp³-hybridized carbons (Fsp3) is 0.571. The van der Waals surface area contributed by atoms with Crippen LogP contribution in [0.25, 0.3) is 0 Å². The monoisotopic (exact) mass is 234 g/mol. The Morgan fingerprint density at radius 3 is 1.88 bits per heavy atom. The van der Waals surface area contributed by atoms with Crippen molar-refractivity contribution in [1.82, 2.24) is 0 Å². The summed E-state index contributed by atoms with van der Waals surface area (Å²) >= 11 is 0. The molecule has 3 heteroatoms. The van der Waals surface area contributed by atoms with E-state index in [2.05, 4.69) is 54.2 Å². The summed E-state index contributed by atoms with van der Waals surface area (Å²) in [6.07, 6.45) is 5.78. The summed E-state index contributed by atoms with van der Waals surface area (Å²) in [5.41, 5.74) is 1.63. The van der Waals surface area contributed by atoms with E-state index in [1.807, 2.05) is 6.08 Å². The molecule has 0 aromatic carbocycles. The maximum atomic E-state index is 6.00. The summed E-state index contributed by atoms with van der Waals surface area (Å²) in [5.74, 6) is 0. The van der Waals surface area contributed by atoms with Gasteiger partial charge in [0.1, 0.15) is 0 Å². The van der Waals surface area contributed by atoms with Gasteiger partial charge in [-0.1, -0.05) is 30.4 Å². The standard InChI is InChI=1S/C14H23BO2/c1-8-9-12(10-11(2)3)15-16-13(4,5)14(6,7)17-15/h8-10H,1H2,2-7H3/b12-9+. The number of hydrogen-bond donors (Lipinski definition) is 0. The highest BCUT2D eigenvalue weighted by Crippen LogP contribution is 2.38. The van der Waals surface area contributed by atoms with Crippen LogP contribution in [0.4, 0.5) is 0 Å². The molecular weight excluding hydrogens is 211 g/mol. The van der Waals surface area contributed by atoms with Crippen LogP contribution in [-0.2, 0) is 9.31 Å². The van der Waals surface area contributed by atoms with Crippen molar-refractivity contribution in [1.29, 1.82) is 0 Å². The predicted octanol–water partition coefficient (Wildman–Crippen LogP) is 3.70. The summed E-state index contributed by atoms with van der Waals surface area (Å²) in [4.78, 5) is 0. The first-order chi connectivity index (χ1) is 7.69. The molecule has 0 bridgehead atoms. The van der Waals surface area contributed by atoms with E-state index in [1.54, 1.807) is 6.08 Å². The first-order valence-electron chi connectivity index (χ1n) is 6.03. The van der Waals surface area contributed by atoms with Crippen LogP contribution in [0, 0.1) is 0 Å². The van der Waals surface area contributed by atoms with Crippen molar-refractivity contribution in [2.24, 2.45) is 0 Å². The van der Waals surface area contributed by atoms with Gasteiger partial charge in [0.25, 0.3) is 0 Å². The summed E-state index contributed by atoms with van der Waals surface area (Å²) in [6, 6.07) is 0. The third-order valence-electron chi connectivity index (χ3n) is 3.29. The Morgan fingerprint density at radius 1 is 1.06 bits per heavy atom. The molecule has 0 amide bonds. The Balaban J connectivity index is 2.99. The van der Waals surface area contributed by atoms with E-state index in [-0.39, 0.29) is 18.3 Å². The highest BCUT2D eigenvalue weighted by atomic mass is 16.7. The lowest BCUT2D eigenvalue weighted by atomic mass is 9.77. The molecule has 94 valence electrons. The van der Waals surface area contributed by atoms with Crippen molar-refractivity contribution in [3.63, 3.8) is 0 Å². The van der Waals surface area contributed by atoms with Crippen molar-refractivity contribution in [3.8, 4) is 0 Å². The molecule has 0 radical (unpaired) electrons. The van der Waals surface area contributed by atoms with Crippen molar-refractivity contribution < 1.29 is 9.31 Å². The molecule has 1 aliphatic heterocycles. The van der Waals surface area contributed by atoms with Gasteiger partial charge in [0.15, 0.2) is 0 Å². The Kier molecular flexibility index (Phi) is 4.05. The molecule has 0 N–H and O–H groups in total. The molecule has 1 aliphatic rings. The first kappa shape index (κ1) is 14.3. The normalized spacial score (nSPS) is 22.5. The summed E-state index contributed by atoms with van der Waals surface area (Å²) in [6.45, 7) is 16.1. The largest absolute Gasteiger partial charge is 0.494 e. The van der Waals surface area contributed by atoms with E-state index >= 15 is 0 Å². The zero-order chi connectivity index (χ0) is 13.3. The van der Waals surface area contributed by atoms with Gasteiger partial charge in [-0.25, -0.2) is 0 Å². The maximum absolute atomic E-state index is 6.00. The first-order valence-corrected chi connectivity index (χ1v) is 6.03. The highest BCUT2D eigenvalue weighted by molar-refractivity contribution is 6.55. The second-order valence-corrected chi connectivity index (χ2v) is 5.71. The van der Waals surface area contributed by atoms with E-state index in [9.17, 15) is 0 Å². The van der Waals surface area contributed by atoms with Gasteiger partial charge in [-0.3, -0.25) is 0 Å². The molecular formula is C14H23BO2. The van der Waals surface area contributed by atoms with Crippen LogP contribution < -0.4 is 0 Å². The average Bonchev–Trinajstić information content (AvgIpc) is 2.34. The van der Waals surface area contributed by atoms with Crippen molar-refractivity contribution >= 4 is 7.12 Å². The van der Waals surface area contributed by atoms with E-state index in [0.717, 1.165) is 5.47 Å². The summed E-state index contributed by atoms with van der Waals surface area (Å²) < 4.78 is 12.0. The minimum absolute atomic E-state index is 0.298. The predicted molar refractivity (Wildman–Crippen MR) is 73.8 cm³/mol. The molecule has 1 rings (SSSR count). The van der Waals surface area contributed by atoms with Crippen LogP contribution in [0.2, 0.25) is 0 Å². The van der Waals surface area contributed by atoms with Gasteiger partial charge in [0.05, 0.1) is 11.2 Å². The van der Waals surface area contributed by atoms with Gasteiger partial charge < -0.3 is 9.31 Å². The molecule has 0 aromatic rings. The summed E-state index contributed by atoms with van der Waals surface area (Å²) in [5, 5.41) is 0. The quantitative estimate of drug-likeness (QED) is 0.547. The van der Waals surface area contributed by atoms with Gasteiger partial charge >= 0.3 is 7.12 Å². The van der Waals surface area contributed by atoms with Crippen LogP contribution in [-0.4, -0.2) is 18.3 Å². The van der Waals surface area contributed by atoms with Gasteiger partial charge in [0.2, 0.25) is 0 Å². The van der Waals surface area contributed by atoms with E-state index in [4.69, 9.17) is 9.31 Å². The zero-order valence-electron chi connectivity index (χ0n) is 11.8. The summed E-state index contributed by atoms with van der Waals surface area (Å²) in [7, 11) is -0.312. The zero-order valence-corrected chi connectivity index (χ0v) is 11.8. The molecule has 0 unspecified atom stereocenters. The van der Waals surface area contributed by atoms with Crippen LogP contribution >= 0.6 is 0 Å². The SMILES string of the molecule is C=C/C=C(\C=C(C)C)B1OC(C)(C)C(C)(C)O1. The van der Waals surface area contributed by atoms with Gasteiger partial charge in [-0.2, -0.15) is 0 Å². The Bertz CT molecular complexity index is 344. The maximum Gasteiger partial charge on any atom is 0.494 e. The van der Waals surface area contributed by atoms with Crippen molar-refractivity contribution in [2.75, 3.05) is 0 Å². The fourth-order valence-corrected chi connectivity index (χ4v) is 1.64. The average molecular weight is 234 g/mol. The van der Waals surface area contributed by atoms with Crippen LogP contribution in [0.15, 0.2) is 35.9 Å². The molecule has 1 heterocycles. The van der Waals surface area contributed by atoms with Gasteiger partial charge in [0, 0.05) is 0 Å². The number of allylic oxidation sites excluding steroid dienone is 5. The lowest BCUT2D eigenvalue weighted by Crippen LogP contribution is -2.41. The molecule has 1 saturated heterocycles. The molecule has 17 heavy (non-hydrogen) atoms. The van der Waals surface area contributed by atoms with E-state index < -0.39 is 0 Å². The molecule has 0 aromatic heterocycles. The topological polar surface area (TPSA) is 18.5 Å². The lowest BCUT2D eigenvalue weighted by molar-refractivity contribution is 0.00578. The molecule has 0 spiro atoms. The molecule has 0 atom stereocenters. The third-order valence-corrected chi connectivity index (χ3v) is 3.29. The smallest absolute Gasteiger partial charge is 0.399 e. The van der Waals surface area contributed by atoms with E-state index in [1.165, 1.54) is 5.57 Å². The van der Waals surface area contributed by atoms with E-state index in [0.29, 0.717) is 0 Å². The van der Waals surface area contributed by atoms with Crippen LogP contribution in [0.3, 0.4) is 0 Å². The Morgan fingerprint density at radius 2 is 1.53 bits per heavy atom. The van der Waals surface area contributed by atoms with Gasteiger partial charge in [-0.05, 0) is 47.0 Å². The minimum atomic E-state index is -0.312. The molecule has 0 saturated carbocycles. The molecule has 1 fully saturated rings. The van der Waals surface area contributed by atoms with Crippen LogP contribution in [0.5, 0.6) is 0 Å². The molecule has 2 nitrogen and oxygen atoms in total. The molecule has 0 aliphatic carbocycles. The minimum Gasteiger partial charge on any atom is -0.399 e. The number of rotatable bonds is 3. The lowest BCUT2D eigenvalue weighted by Gasteiger charge is -2.32. The second-order valence-electron chi connectivity index (χ2n) is 5.71.